The van der Waals surface area contributed by atoms with Crippen molar-refractivity contribution in [2.24, 2.45) is 0 Å². The van der Waals surface area contributed by atoms with Crippen LogP contribution >= 0.6 is 0 Å². The molecule has 1 aliphatic carbocycles. The third-order valence-electron chi connectivity index (χ3n) is 1.54. The van der Waals surface area contributed by atoms with E-state index in [0.29, 0.717) is 0 Å². The van der Waals surface area contributed by atoms with Gasteiger partial charge in [-0.15, -0.1) is 0 Å². The standard InChI is InChI=1S/C6H7BF2O2/c8-5-2-1-4(7(10)11)3-6(5)9/h3,10-11H,1-2H2. The van der Waals surface area contributed by atoms with Crippen molar-refractivity contribution in [1.29, 1.82) is 0 Å². The summed E-state index contributed by atoms with van der Waals surface area (Å²) in [7, 11) is -1.67. The highest BCUT2D eigenvalue weighted by atomic mass is 19.2. The van der Waals surface area contributed by atoms with E-state index in [2.05, 4.69) is 0 Å². The Morgan fingerprint density at radius 1 is 1.27 bits per heavy atom. The van der Waals surface area contributed by atoms with Gasteiger partial charge in [-0.25, -0.2) is 8.78 Å². The van der Waals surface area contributed by atoms with Gasteiger partial charge in [0.2, 0.25) is 0 Å². The van der Waals surface area contributed by atoms with Gasteiger partial charge >= 0.3 is 7.12 Å². The van der Waals surface area contributed by atoms with Gasteiger partial charge in [0.1, 0.15) is 5.83 Å². The molecule has 0 aromatic rings. The van der Waals surface area contributed by atoms with Gasteiger partial charge in [0.05, 0.1) is 0 Å². The van der Waals surface area contributed by atoms with E-state index in [1.165, 1.54) is 0 Å². The first-order valence-electron chi connectivity index (χ1n) is 3.22. The molecular weight excluding hydrogens is 153 g/mol. The Morgan fingerprint density at radius 2 is 1.91 bits per heavy atom. The van der Waals surface area contributed by atoms with Crippen LogP contribution in [-0.4, -0.2) is 17.2 Å². The maximum absolute atomic E-state index is 12.4. The van der Waals surface area contributed by atoms with Crippen LogP contribution in [0.15, 0.2) is 23.2 Å². The molecule has 0 bridgehead atoms. The second-order valence-corrected chi connectivity index (χ2v) is 2.35. The molecule has 2 N–H and O–H groups in total. The van der Waals surface area contributed by atoms with Gasteiger partial charge in [-0.1, -0.05) is 0 Å². The first-order valence-corrected chi connectivity index (χ1v) is 3.22. The lowest BCUT2D eigenvalue weighted by Gasteiger charge is -2.09. The lowest BCUT2D eigenvalue weighted by Crippen LogP contribution is -2.17. The smallest absolute Gasteiger partial charge is 0.423 e. The summed E-state index contributed by atoms with van der Waals surface area (Å²) in [5.41, 5.74) is 0.115. The third kappa shape index (κ3) is 1.88. The molecule has 60 valence electrons. The van der Waals surface area contributed by atoms with Gasteiger partial charge in [0, 0.05) is 6.42 Å². The second-order valence-electron chi connectivity index (χ2n) is 2.35. The number of rotatable bonds is 1. The highest BCUT2D eigenvalue weighted by Crippen LogP contribution is 2.25. The van der Waals surface area contributed by atoms with Crippen molar-refractivity contribution in [2.75, 3.05) is 0 Å². The quantitative estimate of drug-likeness (QED) is 0.558. The molecule has 0 aromatic carbocycles. The Balaban J connectivity index is 2.81. The Morgan fingerprint density at radius 3 is 2.36 bits per heavy atom. The number of hydrogen-bond acceptors (Lipinski definition) is 2. The molecule has 0 amide bonds. The lowest BCUT2D eigenvalue weighted by molar-refractivity contribution is 0.412. The van der Waals surface area contributed by atoms with E-state index in [-0.39, 0.29) is 18.3 Å². The van der Waals surface area contributed by atoms with Gasteiger partial charge < -0.3 is 10.0 Å². The lowest BCUT2D eigenvalue weighted by atomic mass is 9.75. The summed E-state index contributed by atoms with van der Waals surface area (Å²) in [6.45, 7) is 0. The number of hydrogen-bond donors (Lipinski definition) is 2. The second kappa shape index (κ2) is 3.15. The van der Waals surface area contributed by atoms with Gasteiger partial charge in [-0.2, -0.15) is 0 Å². The fourth-order valence-electron chi connectivity index (χ4n) is 0.890. The monoisotopic (exact) mass is 160 g/mol. The van der Waals surface area contributed by atoms with Gasteiger partial charge in [-0.05, 0) is 18.0 Å². The van der Waals surface area contributed by atoms with Crippen molar-refractivity contribution in [1.82, 2.24) is 0 Å². The van der Waals surface area contributed by atoms with Crippen LogP contribution in [0.1, 0.15) is 12.8 Å². The zero-order valence-electron chi connectivity index (χ0n) is 5.72. The van der Waals surface area contributed by atoms with Crippen molar-refractivity contribution >= 4 is 7.12 Å². The highest BCUT2D eigenvalue weighted by Gasteiger charge is 2.20. The molecule has 0 spiro atoms. The first-order chi connectivity index (χ1) is 5.11. The maximum Gasteiger partial charge on any atom is 0.484 e. The fraction of sp³-hybridized carbons (Fsp3) is 0.333. The molecule has 2 nitrogen and oxygen atoms in total. The van der Waals surface area contributed by atoms with Crippen LogP contribution in [0.4, 0.5) is 8.78 Å². The van der Waals surface area contributed by atoms with Crippen LogP contribution in [0.25, 0.3) is 0 Å². The van der Waals surface area contributed by atoms with Crippen molar-refractivity contribution in [2.45, 2.75) is 12.8 Å². The topological polar surface area (TPSA) is 40.5 Å². The molecular formula is C6H7BF2O2. The number of allylic oxidation sites excluding steroid dienone is 4. The largest absolute Gasteiger partial charge is 0.484 e. The first kappa shape index (κ1) is 8.42. The molecule has 0 fully saturated rings. The van der Waals surface area contributed by atoms with Crippen molar-refractivity contribution < 1.29 is 18.8 Å². The molecule has 0 radical (unpaired) electrons. The van der Waals surface area contributed by atoms with E-state index in [1.807, 2.05) is 0 Å². The molecule has 1 rings (SSSR count). The number of halogens is 2. The summed E-state index contributed by atoms with van der Waals surface area (Å²) in [6, 6.07) is 0. The summed E-state index contributed by atoms with van der Waals surface area (Å²) in [5, 5.41) is 17.1. The van der Waals surface area contributed by atoms with Crippen molar-refractivity contribution in [3.63, 3.8) is 0 Å². The van der Waals surface area contributed by atoms with E-state index >= 15 is 0 Å². The molecule has 1 aliphatic rings. The molecule has 0 heterocycles. The van der Waals surface area contributed by atoms with Crippen molar-refractivity contribution in [3.05, 3.63) is 23.2 Å². The summed E-state index contributed by atoms with van der Waals surface area (Å²) < 4.78 is 24.7. The molecule has 0 aromatic heterocycles. The van der Waals surface area contributed by atoms with E-state index in [4.69, 9.17) is 10.0 Å². The van der Waals surface area contributed by atoms with Crippen LogP contribution in [0.2, 0.25) is 0 Å². The predicted molar refractivity (Wildman–Crippen MR) is 36.8 cm³/mol. The molecule has 0 saturated heterocycles. The molecule has 11 heavy (non-hydrogen) atoms. The molecule has 5 heteroatoms. The average Bonchev–Trinajstić information content (AvgIpc) is 1.94. The fourth-order valence-corrected chi connectivity index (χ4v) is 0.890. The van der Waals surface area contributed by atoms with E-state index < -0.39 is 18.8 Å². The SMILES string of the molecule is OB(O)C1=CC(F)=C(F)CC1. The maximum atomic E-state index is 12.4. The van der Waals surface area contributed by atoms with Gasteiger partial charge in [-0.3, -0.25) is 0 Å². The Kier molecular flexibility index (Phi) is 2.41. The summed E-state index contributed by atoms with van der Waals surface area (Å²) in [6.07, 6.45) is 0.899. The van der Waals surface area contributed by atoms with Crippen LogP contribution in [0.3, 0.4) is 0 Å². The Hall–Kier alpha value is -0.675. The minimum atomic E-state index is -1.67. The average molecular weight is 160 g/mol. The van der Waals surface area contributed by atoms with Gasteiger partial charge in [0.15, 0.2) is 5.83 Å². The summed E-state index contributed by atoms with van der Waals surface area (Å²) >= 11 is 0. The zero-order valence-corrected chi connectivity index (χ0v) is 5.72. The van der Waals surface area contributed by atoms with Crippen LogP contribution in [-0.2, 0) is 0 Å². The normalized spacial score (nSPS) is 18.4. The van der Waals surface area contributed by atoms with Crippen molar-refractivity contribution in [3.8, 4) is 0 Å². The third-order valence-corrected chi connectivity index (χ3v) is 1.54. The zero-order chi connectivity index (χ0) is 8.43. The molecule has 0 unspecified atom stereocenters. The van der Waals surface area contributed by atoms with E-state index in [1.54, 1.807) is 0 Å². The van der Waals surface area contributed by atoms with Crippen LogP contribution < -0.4 is 0 Å². The summed E-state index contributed by atoms with van der Waals surface area (Å²) in [5.74, 6) is -1.83. The van der Waals surface area contributed by atoms with E-state index in [9.17, 15) is 8.78 Å². The van der Waals surface area contributed by atoms with Crippen LogP contribution in [0.5, 0.6) is 0 Å². The Bertz CT molecular complexity index is 223. The molecule has 0 atom stereocenters. The van der Waals surface area contributed by atoms with Crippen LogP contribution in [0, 0.1) is 0 Å². The van der Waals surface area contributed by atoms with Gasteiger partial charge in [0.25, 0.3) is 0 Å². The predicted octanol–water partition coefficient (Wildman–Crippen LogP) is 0.869. The Labute approximate surface area is 63.0 Å². The van der Waals surface area contributed by atoms with E-state index in [0.717, 1.165) is 6.08 Å². The minimum absolute atomic E-state index is 0.0880. The highest BCUT2D eigenvalue weighted by molar-refractivity contribution is 6.50. The molecule has 0 aliphatic heterocycles. The summed E-state index contributed by atoms with van der Waals surface area (Å²) in [4.78, 5) is 0. The minimum Gasteiger partial charge on any atom is -0.423 e. The molecule has 0 saturated carbocycles.